The Kier molecular flexibility index (Phi) is 5.85. The van der Waals surface area contributed by atoms with Gasteiger partial charge in [0.2, 0.25) is 0 Å². The van der Waals surface area contributed by atoms with Gasteiger partial charge in [-0.25, -0.2) is 0 Å². The Morgan fingerprint density at radius 3 is 2.45 bits per heavy atom. The summed E-state index contributed by atoms with van der Waals surface area (Å²) in [4.78, 5) is 13.9. The molecule has 1 heterocycles. The van der Waals surface area contributed by atoms with E-state index in [9.17, 15) is 9.90 Å². The zero-order valence-corrected chi connectivity index (χ0v) is 12.9. The molecule has 2 unspecified atom stereocenters. The largest absolute Gasteiger partial charge is 0.481 e. The van der Waals surface area contributed by atoms with E-state index in [0.717, 1.165) is 18.9 Å². The fraction of sp³-hybridized carbons (Fsp3) is 0.938. The number of rotatable bonds is 6. The minimum atomic E-state index is -0.698. The predicted octanol–water partition coefficient (Wildman–Crippen LogP) is 2.77. The number of carbonyl (C=O) groups is 1. The van der Waals surface area contributed by atoms with Crippen LogP contribution in [0.15, 0.2) is 0 Å². The third kappa shape index (κ3) is 3.53. The smallest absolute Gasteiger partial charge is 0.310 e. The Hall–Kier alpha value is -0.610. The zero-order valence-electron chi connectivity index (χ0n) is 12.9. The molecule has 116 valence electrons. The maximum Gasteiger partial charge on any atom is 0.310 e. The lowest BCUT2D eigenvalue weighted by Gasteiger charge is -2.40. The van der Waals surface area contributed by atoms with E-state index in [2.05, 4.69) is 18.7 Å². The molecule has 0 amide bonds. The molecule has 4 heteroatoms. The summed E-state index contributed by atoms with van der Waals surface area (Å²) >= 11 is 0. The van der Waals surface area contributed by atoms with Gasteiger partial charge in [-0.1, -0.05) is 20.3 Å². The normalized spacial score (nSPS) is 34.5. The van der Waals surface area contributed by atoms with Gasteiger partial charge in [0.05, 0.1) is 19.1 Å². The van der Waals surface area contributed by atoms with Crippen LogP contribution in [0.25, 0.3) is 0 Å². The molecule has 0 aromatic heterocycles. The lowest BCUT2D eigenvalue weighted by atomic mass is 9.83. The minimum absolute atomic E-state index is 0.0793. The first-order valence-corrected chi connectivity index (χ1v) is 8.23. The summed E-state index contributed by atoms with van der Waals surface area (Å²) in [5, 5.41) is 9.37. The van der Waals surface area contributed by atoms with E-state index in [1.54, 1.807) is 0 Å². The molecule has 1 aliphatic heterocycles. The van der Waals surface area contributed by atoms with Crippen LogP contribution in [-0.2, 0) is 9.53 Å². The molecule has 2 atom stereocenters. The molecule has 0 aromatic carbocycles. The second-order valence-corrected chi connectivity index (χ2v) is 6.37. The predicted molar refractivity (Wildman–Crippen MR) is 78.8 cm³/mol. The van der Waals surface area contributed by atoms with Crippen molar-refractivity contribution in [3.63, 3.8) is 0 Å². The fourth-order valence-electron chi connectivity index (χ4n) is 3.87. The second kappa shape index (κ2) is 7.41. The Morgan fingerprint density at radius 2 is 1.90 bits per heavy atom. The molecule has 4 nitrogen and oxygen atoms in total. The Bertz CT molecular complexity index is 313. The van der Waals surface area contributed by atoms with Crippen LogP contribution in [0.1, 0.15) is 52.4 Å². The quantitative estimate of drug-likeness (QED) is 0.814. The molecule has 1 saturated heterocycles. The molecule has 0 aromatic rings. The molecule has 0 radical (unpaired) electrons. The van der Waals surface area contributed by atoms with Gasteiger partial charge in [-0.15, -0.1) is 0 Å². The van der Waals surface area contributed by atoms with E-state index in [-0.39, 0.29) is 12.0 Å². The summed E-state index contributed by atoms with van der Waals surface area (Å²) in [6.07, 6.45) is 7.41. The number of nitrogens with zero attached hydrogens (tertiary/aromatic N) is 1. The Balaban J connectivity index is 2.01. The minimum Gasteiger partial charge on any atom is -0.481 e. The molecular formula is C16H29NO3. The van der Waals surface area contributed by atoms with Gasteiger partial charge in [0.25, 0.3) is 0 Å². The molecule has 0 bridgehead atoms. The Morgan fingerprint density at radius 1 is 1.20 bits per heavy atom. The number of hydrogen-bond donors (Lipinski definition) is 1. The summed E-state index contributed by atoms with van der Waals surface area (Å²) < 4.78 is 5.47. The number of carboxylic acids is 1. The van der Waals surface area contributed by atoms with Crippen LogP contribution in [-0.4, -0.2) is 47.8 Å². The van der Waals surface area contributed by atoms with Crippen LogP contribution >= 0.6 is 0 Å². The highest BCUT2D eigenvalue weighted by molar-refractivity contribution is 5.71. The van der Waals surface area contributed by atoms with Gasteiger partial charge in [0.15, 0.2) is 0 Å². The average Bonchev–Trinajstić information content (AvgIpc) is 2.94. The first-order valence-electron chi connectivity index (χ1n) is 8.23. The average molecular weight is 283 g/mol. The molecule has 1 N–H and O–H groups in total. The molecule has 2 aliphatic rings. The van der Waals surface area contributed by atoms with Gasteiger partial charge in [-0.2, -0.15) is 0 Å². The van der Waals surface area contributed by atoms with Crippen molar-refractivity contribution in [2.24, 2.45) is 11.8 Å². The SMILES string of the molecule is CCCN(C1CCC(CC)CC1)C1COCC1C(=O)O. The van der Waals surface area contributed by atoms with E-state index >= 15 is 0 Å². The molecule has 20 heavy (non-hydrogen) atoms. The highest BCUT2D eigenvalue weighted by Crippen LogP contribution is 2.33. The van der Waals surface area contributed by atoms with Crippen molar-refractivity contribution in [1.29, 1.82) is 0 Å². The van der Waals surface area contributed by atoms with Gasteiger partial charge in [-0.3, -0.25) is 9.69 Å². The first kappa shape index (κ1) is 15.8. The summed E-state index contributed by atoms with van der Waals surface area (Å²) in [6.45, 7) is 6.42. The van der Waals surface area contributed by atoms with E-state index in [1.165, 1.54) is 32.1 Å². The number of hydrogen-bond acceptors (Lipinski definition) is 3. The number of ether oxygens (including phenoxy) is 1. The Labute approximate surface area is 122 Å². The van der Waals surface area contributed by atoms with Crippen LogP contribution in [0, 0.1) is 11.8 Å². The molecule has 2 fully saturated rings. The van der Waals surface area contributed by atoms with E-state index in [0.29, 0.717) is 19.3 Å². The van der Waals surface area contributed by atoms with Crippen molar-refractivity contribution in [3.8, 4) is 0 Å². The van der Waals surface area contributed by atoms with Gasteiger partial charge in [0, 0.05) is 12.1 Å². The van der Waals surface area contributed by atoms with Gasteiger partial charge in [0.1, 0.15) is 0 Å². The van der Waals surface area contributed by atoms with Gasteiger partial charge >= 0.3 is 5.97 Å². The molecular weight excluding hydrogens is 254 g/mol. The van der Waals surface area contributed by atoms with E-state index in [1.807, 2.05) is 0 Å². The lowest BCUT2D eigenvalue weighted by molar-refractivity contribution is -0.143. The molecule has 2 rings (SSSR count). The highest BCUT2D eigenvalue weighted by atomic mass is 16.5. The van der Waals surface area contributed by atoms with Gasteiger partial charge in [-0.05, 0) is 44.6 Å². The van der Waals surface area contributed by atoms with Crippen molar-refractivity contribution < 1.29 is 14.6 Å². The fourth-order valence-corrected chi connectivity index (χ4v) is 3.87. The summed E-state index contributed by atoms with van der Waals surface area (Å²) in [7, 11) is 0. The van der Waals surface area contributed by atoms with Gasteiger partial charge < -0.3 is 9.84 Å². The standard InChI is InChI=1S/C16H29NO3/c1-3-9-17(13-7-5-12(4-2)6-8-13)15-11-20-10-14(15)16(18)19/h12-15H,3-11H2,1-2H3,(H,18,19). The van der Waals surface area contributed by atoms with Crippen LogP contribution < -0.4 is 0 Å². The van der Waals surface area contributed by atoms with Crippen molar-refractivity contribution in [2.45, 2.75) is 64.5 Å². The van der Waals surface area contributed by atoms with Crippen LogP contribution in [0.2, 0.25) is 0 Å². The molecule has 0 spiro atoms. The summed E-state index contributed by atoms with van der Waals surface area (Å²) in [5.41, 5.74) is 0. The van der Waals surface area contributed by atoms with Crippen molar-refractivity contribution in [3.05, 3.63) is 0 Å². The topological polar surface area (TPSA) is 49.8 Å². The van der Waals surface area contributed by atoms with Crippen molar-refractivity contribution in [2.75, 3.05) is 19.8 Å². The van der Waals surface area contributed by atoms with E-state index < -0.39 is 5.97 Å². The third-order valence-electron chi connectivity index (χ3n) is 5.14. The van der Waals surface area contributed by atoms with Crippen molar-refractivity contribution in [1.82, 2.24) is 4.90 Å². The van der Waals surface area contributed by atoms with Crippen LogP contribution in [0.4, 0.5) is 0 Å². The first-order chi connectivity index (χ1) is 9.67. The van der Waals surface area contributed by atoms with E-state index in [4.69, 9.17) is 4.74 Å². The number of aliphatic carboxylic acids is 1. The zero-order chi connectivity index (χ0) is 14.5. The molecule has 1 saturated carbocycles. The lowest BCUT2D eigenvalue weighted by Crippen LogP contribution is -2.50. The highest BCUT2D eigenvalue weighted by Gasteiger charge is 2.40. The maximum absolute atomic E-state index is 11.4. The van der Waals surface area contributed by atoms with Crippen molar-refractivity contribution >= 4 is 5.97 Å². The van der Waals surface area contributed by atoms with Crippen LogP contribution in [0.3, 0.4) is 0 Å². The maximum atomic E-state index is 11.4. The van der Waals surface area contributed by atoms with Crippen LogP contribution in [0.5, 0.6) is 0 Å². The summed E-state index contributed by atoms with van der Waals surface area (Å²) in [5.74, 6) is -0.161. The molecule has 1 aliphatic carbocycles. The monoisotopic (exact) mass is 283 g/mol. The second-order valence-electron chi connectivity index (χ2n) is 6.37. The summed E-state index contributed by atoms with van der Waals surface area (Å²) in [6, 6.07) is 0.641. The number of carboxylic acid groups (broad SMARTS) is 1. The third-order valence-corrected chi connectivity index (χ3v) is 5.14.